The maximum absolute atomic E-state index is 14.0. The lowest BCUT2D eigenvalue weighted by Gasteiger charge is -2.43. The molecule has 2 aromatic carbocycles. The zero-order valence-electron chi connectivity index (χ0n) is 25.2. The van der Waals surface area contributed by atoms with Crippen LogP contribution in [0.3, 0.4) is 0 Å². The number of fused-ring (bicyclic) bond motifs is 9. The predicted octanol–water partition coefficient (Wildman–Crippen LogP) is 5.11. The molecule has 13 heteroatoms. The predicted molar refractivity (Wildman–Crippen MR) is 176 cm³/mol. The maximum Gasteiger partial charge on any atom is 0.327 e. The fraction of sp³-hybridized carbons (Fsp3) is 0.424. The molecule has 46 heavy (non-hydrogen) atoms. The normalized spacial score (nSPS) is 28.2. The number of aromatic nitrogens is 1. The van der Waals surface area contributed by atoms with Gasteiger partial charge in [0, 0.05) is 31.8 Å². The van der Waals surface area contributed by atoms with E-state index in [2.05, 4.69) is 26.2 Å². The number of aryl methyl sites for hydroxylation is 1. The van der Waals surface area contributed by atoms with E-state index in [1.807, 2.05) is 43.3 Å². The Morgan fingerprint density at radius 2 is 1.85 bits per heavy atom. The Morgan fingerprint density at radius 3 is 2.54 bits per heavy atom. The van der Waals surface area contributed by atoms with Gasteiger partial charge in [0.25, 0.3) is 5.91 Å². The van der Waals surface area contributed by atoms with Crippen molar-refractivity contribution in [1.29, 1.82) is 0 Å². The summed E-state index contributed by atoms with van der Waals surface area (Å²) in [6.45, 7) is 5.12. The number of likely N-dealkylation sites (tertiary alicyclic amines) is 1. The van der Waals surface area contributed by atoms with Gasteiger partial charge in [0.1, 0.15) is 11.8 Å². The van der Waals surface area contributed by atoms with Crippen molar-refractivity contribution in [3.05, 3.63) is 72.6 Å². The van der Waals surface area contributed by atoms with Gasteiger partial charge in [-0.25, -0.2) is 4.79 Å². The van der Waals surface area contributed by atoms with Crippen LogP contribution in [0.4, 0.5) is 5.69 Å². The zero-order valence-corrected chi connectivity index (χ0v) is 28.4. The number of aromatic amines is 1. The second-order valence-electron chi connectivity index (χ2n) is 12.9. The highest BCUT2D eigenvalue weighted by Crippen LogP contribution is 2.69. The number of nitrogens with one attached hydrogen (secondary N) is 2. The number of thiazole rings is 1. The molecule has 2 aliphatic heterocycles. The lowest BCUT2D eigenvalue weighted by molar-refractivity contribution is -0.157. The van der Waals surface area contributed by atoms with Crippen LogP contribution in [-0.2, 0) is 19.2 Å². The van der Waals surface area contributed by atoms with Gasteiger partial charge in [-0.2, -0.15) is 0 Å². The summed E-state index contributed by atoms with van der Waals surface area (Å²) in [6.07, 6.45) is 0.668. The molecule has 10 nitrogen and oxygen atoms in total. The van der Waals surface area contributed by atoms with Gasteiger partial charge in [-0.3, -0.25) is 24.1 Å². The molecule has 4 aliphatic rings. The van der Waals surface area contributed by atoms with Crippen LogP contribution in [-0.4, -0.2) is 56.6 Å². The highest BCUT2D eigenvalue weighted by molar-refractivity contribution is 9.10. The Hall–Kier alpha value is -3.42. The molecule has 8 atom stereocenters. The van der Waals surface area contributed by atoms with Crippen molar-refractivity contribution in [2.75, 3.05) is 11.9 Å². The largest absolute Gasteiger partial charge is 0.483 e. The minimum absolute atomic E-state index is 0.0792. The second kappa shape index (κ2) is 11.7. The number of carbonyl (C=O) groups excluding carboxylic acids is 3. The minimum Gasteiger partial charge on any atom is -0.483 e. The quantitative estimate of drug-likeness (QED) is 0.272. The summed E-state index contributed by atoms with van der Waals surface area (Å²) < 4.78 is 6.96. The standard InChI is InChI=1S/C33H32BrN3O7S2/c1-13(2)26(32(41)42)37-30(39)24-18-11-19(25(24)31(37)40)27-23(18)22(28-29(45-27)36-33(43)46-28)17-10-15(34)7-8-20(17)44-12-21(38)35-16-6-4-5-14(3)9-16/h4-10,13,18-19,22-27H,11-12H2,1-3H3,(H,35,38)(H,36,43)(H,41,42)/t18?,19?,22-,23?,24?,25?,26?,27?/m1/s1. The SMILES string of the molecule is Cc1cccc(NC(=O)COc2ccc(Br)cc2[C@H]2c3sc(=O)[nH]c3SC3C4CC(C5C(=O)N(C(C(=O)O)C(C)C)C(=O)C45)C32)c1. The molecule has 2 bridgehead atoms. The molecule has 3 aromatic rings. The Bertz CT molecular complexity index is 1840. The third-order valence-electron chi connectivity index (χ3n) is 9.89. The summed E-state index contributed by atoms with van der Waals surface area (Å²) in [5.41, 5.74) is 2.47. The number of halogens is 1. The summed E-state index contributed by atoms with van der Waals surface area (Å²) in [6, 6.07) is 11.8. The molecule has 3 amide bonds. The molecule has 1 saturated heterocycles. The van der Waals surface area contributed by atoms with Crippen molar-refractivity contribution in [2.45, 2.75) is 49.4 Å². The number of ether oxygens (including phenoxy) is 1. The number of aliphatic carboxylic acids is 1. The van der Waals surface area contributed by atoms with E-state index in [0.717, 1.165) is 41.7 Å². The van der Waals surface area contributed by atoms with E-state index < -0.39 is 41.6 Å². The number of benzene rings is 2. The van der Waals surface area contributed by atoms with E-state index in [1.54, 1.807) is 31.7 Å². The van der Waals surface area contributed by atoms with Crippen molar-refractivity contribution in [3.8, 4) is 5.75 Å². The monoisotopic (exact) mass is 725 g/mol. The Kier molecular flexibility index (Phi) is 7.92. The first kappa shape index (κ1) is 31.2. The molecule has 0 spiro atoms. The number of thioether (sulfide) groups is 1. The molecule has 3 fully saturated rings. The average molecular weight is 727 g/mol. The molecule has 7 unspecified atom stereocenters. The first-order chi connectivity index (χ1) is 21.9. The number of H-pyrrole nitrogens is 1. The first-order valence-electron chi connectivity index (χ1n) is 15.2. The Balaban J connectivity index is 1.24. The summed E-state index contributed by atoms with van der Waals surface area (Å²) in [5.74, 6) is -4.25. The number of imide groups is 1. The van der Waals surface area contributed by atoms with Crippen LogP contribution in [0.1, 0.15) is 42.2 Å². The van der Waals surface area contributed by atoms with Gasteiger partial charge in [-0.1, -0.05) is 53.2 Å². The third kappa shape index (κ3) is 5.02. The van der Waals surface area contributed by atoms with Crippen LogP contribution in [0.2, 0.25) is 0 Å². The van der Waals surface area contributed by atoms with Gasteiger partial charge in [0.2, 0.25) is 11.8 Å². The van der Waals surface area contributed by atoms with E-state index in [0.29, 0.717) is 17.9 Å². The second-order valence-corrected chi connectivity index (χ2v) is 16.0. The number of rotatable bonds is 8. The van der Waals surface area contributed by atoms with Crippen LogP contribution in [0.15, 0.2) is 56.8 Å². The number of hydrogen-bond donors (Lipinski definition) is 3. The number of amides is 3. The first-order valence-corrected chi connectivity index (χ1v) is 17.7. The van der Waals surface area contributed by atoms with Crippen molar-refractivity contribution in [3.63, 3.8) is 0 Å². The molecule has 2 saturated carbocycles. The van der Waals surface area contributed by atoms with Gasteiger partial charge in [0.05, 0.1) is 16.9 Å². The van der Waals surface area contributed by atoms with Crippen LogP contribution in [0, 0.1) is 42.4 Å². The zero-order chi connectivity index (χ0) is 32.6. The number of carboxylic acids is 1. The molecular formula is C33H32BrN3O7S2. The number of nitrogens with zero attached hydrogens (tertiary/aromatic N) is 1. The van der Waals surface area contributed by atoms with Gasteiger partial charge in [-0.05, 0) is 72.9 Å². The van der Waals surface area contributed by atoms with E-state index in [4.69, 9.17) is 4.74 Å². The van der Waals surface area contributed by atoms with Crippen molar-refractivity contribution < 1.29 is 29.0 Å². The van der Waals surface area contributed by atoms with Crippen LogP contribution in [0.25, 0.3) is 0 Å². The van der Waals surface area contributed by atoms with Crippen molar-refractivity contribution in [1.82, 2.24) is 9.88 Å². The fourth-order valence-electron chi connectivity index (χ4n) is 8.31. The summed E-state index contributed by atoms with van der Waals surface area (Å²) in [5, 5.41) is 13.5. The average Bonchev–Trinajstić information content (AvgIpc) is 3.72. The van der Waals surface area contributed by atoms with Crippen molar-refractivity contribution in [2.24, 2.45) is 35.5 Å². The molecular weight excluding hydrogens is 694 g/mol. The Morgan fingerprint density at radius 1 is 1.11 bits per heavy atom. The smallest absolute Gasteiger partial charge is 0.327 e. The van der Waals surface area contributed by atoms with Gasteiger partial charge in [-0.15, -0.1) is 11.8 Å². The van der Waals surface area contributed by atoms with Gasteiger partial charge in [0.15, 0.2) is 6.61 Å². The molecule has 240 valence electrons. The van der Waals surface area contributed by atoms with Crippen LogP contribution in [0.5, 0.6) is 5.75 Å². The van der Waals surface area contributed by atoms with Crippen LogP contribution >= 0.6 is 39.0 Å². The van der Waals surface area contributed by atoms with Gasteiger partial charge < -0.3 is 20.1 Å². The molecule has 0 radical (unpaired) electrons. The number of anilines is 1. The van der Waals surface area contributed by atoms with E-state index in [-0.39, 0.29) is 46.3 Å². The lowest BCUT2D eigenvalue weighted by atomic mass is 9.68. The molecule has 1 aromatic heterocycles. The maximum atomic E-state index is 14.0. The van der Waals surface area contributed by atoms with E-state index in [9.17, 15) is 29.1 Å². The van der Waals surface area contributed by atoms with Crippen LogP contribution < -0.4 is 14.9 Å². The number of hydrogen-bond acceptors (Lipinski definition) is 8. The van der Waals surface area contributed by atoms with E-state index in [1.165, 1.54) is 0 Å². The topological polar surface area (TPSA) is 146 Å². The molecule has 7 rings (SSSR count). The Labute approximate surface area is 281 Å². The highest BCUT2D eigenvalue weighted by atomic mass is 79.9. The summed E-state index contributed by atoms with van der Waals surface area (Å²) >= 11 is 6.28. The minimum atomic E-state index is -1.22. The number of carboxylic acid groups (broad SMARTS) is 1. The highest BCUT2D eigenvalue weighted by Gasteiger charge is 2.70. The lowest BCUT2D eigenvalue weighted by Crippen LogP contribution is -2.49. The summed E-state index contributed by atoms with van der Waals surface area (Å²) in [7, 11) is 0. The van der Waals surface area contributed by atoms with Gasteiger partial charge >= 0.3 is 10.8 Å². The molecule has 2 aliphatic carbocycles. The van der Waals surface area contributed by atoms with Crippen molar-refractivity contribution >= 4 is 68.4 Å². The van der Waals surface area contributed by atoms with E-state index >= 15 is 0 Å². The molecule has 3 heterocycles. The third-order valence-corrected chi connectivity index (χ3v) is 13.0. The molecule has 3 N–H and O–H groups in total. The number of carbonyl (C=O) groups is 4. The fourth-order valence-corrected chi connectivity index (χ4v) is 11.6. The summed E-state index contributed by atoms with van der Waals surface area (Å²) in [4.78, 5) is 70.3.